The molecule has 6 heteroatoms. The van der Waals surface area contributed by atoms with Gasteiger partial charge in [0.1, 0.15) is 5.69 Å². The maximum absolute atomic E-state index is 12.3. The van der Waals surface area contributed by atoms with E-state index in [-0.39, 0.29) is 5.91 Å². The van der Waals surface area contributed by atoms with E-state index in [0.29, 0.717) is 32.0 Å². The van der Waals surface area contributed by atoms with Gasteiger partial charge in [-0.2, -0.15) is 0 Å². The lowest BCUT2D eigenvalue weighted by Crippen LogP contribution is -2.41. The van der Waals surface area contributed by atoms with Crippen LogP contribution in [0.4, 0.5) is 5.69 Å². The number of ether oxygens (including phenoxy) is 2. The molecule has 1 saturated heterocycles. The molecule has 2 heterocycles. The molecule has 0 atom stereocenters. The average Bonchev–Trinajstić information content (AvgIpc) is 2.52. The molecule has 1 fully saturated rings. The average molecular weight is 279 g/mol. The van der Waals surface area contributed by atoms with E-state index < -0.39 is 0 Å². The molecular formula is C14H21N3O3. The van der Waals surface area contributed by atoms with E-state index in [2.05, 4.69) is 10.3 Å². The smallest absolute Gasteiger partial charge is 0.272 e. The van der Waals surface area contributed by atoms with Crippen LogP contribution in [0.5, 0.6) is 0 Å². The minimum atomic E-state index is -0.0335. The molecule has 0 aliphatic carbocycles. The Labute approximate surface area is 119 Å². The van der Waals surface area contributed by atoms with Gasteiger partial charge < -0.3 is 19.7 Å². The SMILES string of the molecule is COCCCNc1ccnc(C(=O)N2CCOCC2)c1. The molecule has 110 valence electrons. The second-order valence-electron chi connectivity index (χ2n) is 4.61. The number of methoxy groups -OCH3 is 1. The topological polar surface area (TPSA) is 63.7 Å². The predicted molar refractivity (Wildman–Crippen MR) is 75.9 cm³/mol. The van der Waals surface area contributed by atoms with Crippen molar-refractivity contribution in [3.8, 4) is 0 Å². The van der Waals surface area contributed by atoms with Crippen molar-refractivity contribution in [2.45, 2.75) is 6.42 Å². The Hall–Kier alpha value is -1.66. The molecule has 1 N–H and O–H groups in total. The number of nitrogens with zero attached hydrogens (tertiary/aromatic N) is 2. The second kappa shape index (κ2) is 7.81. The van der Waals surface area contributed by atoms with Gasteiger partial charge in [0.15, 0.2) is 0 Å². The van der Waals surface area contributed by atoms with Crippen LogP contribution in [0, 0.1) is 0 Å². The molecule has 1 aliphatic rings. The highest BCUT2D eigenvalue weighted by atomic mass is 16.5. The highest BCUT2D eigenvalue weighted by Crippen LogP contribution is 2.11. The minimum Gasteiger partial charge on any atom is -0.385 e. The molecular weight excluding hydrogens is 258 g/mol. The Morgan fingerprint density at radius 1 is 1.50 bits per heavy atom. The quantitative estimate of drug-likeness (QED) is 0.787. The Morgan fingerprint density at radius 3 is 3.05 bits per heavy atom. The second-order valence-corrected chi connectivity index (χ2v) is 4.61. The Kier molecular flexibility index (Phi) is 5.76. The van der Waals surface area contributed by atoms with Crippen LogP contribution in [0.3, 0.4) is 0 Å². The van der Waals surface area contributed by atoms with Gasteiger partial charge in [0.05, 0.1) is 13.2 Å². The number of anilines is 1. The predicted octanol–water partition coefficient (Wildman–Crippen LogP) is 1.00. The molecule has 0 radical (unpaired) electrons. The number of carbonyl (C=O) groups is 1. The van der Waals surface area contributed by atoms with Crippen LogP contribution >= 0.6 is 0 Å². The van der Waals surface area contributed by atoms with Gasteiger partial charge >= 0.3 is 0 Å². The van der Waals surface area contributed by atoms with Crippen LogP contribution in [-0.2, 0) is 9.47 Å². The van der Waals surface area contributed by atoms with Crippen LogP contribution in [0.1, 0.15) is 16.9 Å². The first-order chi connectivity index (χ1) is 9.81. The molecule has 0 spiro atoms. The standard InChI is InChI=1S/C14H21N3O3/c1-19-8-2-4-15-12-3-5-16-13(11-12)14(18)17-6-9-20-10-7-17/h3,5,11H,2,4,6-10H2,1H3,(H,15,16). The largest absolute Gasteiger partial charge is 0.385 e. The highest BCUT2D eigenvalue weighted by Gasteiger charge is 2.19. The molecule has 1 aromatic rings. The number of hydrogen-bond acceptors (Lipinski definition) is 5. The van der Waals surface area contributed by atoms with Gasteiger partial charge in [0.2, 0.25) is 0 Å². The van der Waals surface area contributed by atoms with Gasteiger partial charge in [-0.25, -0.2) is 0 Å². The number of morpholine rings is 1. The fraction of sp³-hybridized carbons (Fsp3) is 0.571. The highest BCUT2D eigenvalue weighted by molar-refractivity contribution is 5.93. The fourth-order valence-electron chi connectivity index (χ4n) is 2.04. The molecule has 0 bridgehead atoms. The lowest BCUT2D eigenvalue weighted by molar-refractivity contribution is 0.0299. The molecule has 1 aliphatic heterocycles. The van der Waals surface area contributed by atoms with Gasteiger partial charge in [-0.15, -0.1) is 0 Å². The van der Waals surface area contributed by atoms with Crippen molar-refractivity contribution in [2.75, 3.05) is 51.9 Å². The number of hydrogen-bond donors (Lipinski definition) is 1. The maximum atomic E-state index is 12.3. The summed E-state index contributed by atoms with van der Waals surface area (Å²) in [6.07, 6.45) is 2.58. The third kappa shape index (κ3) is 4.18. The van der Waals surface area contributed by atoms with Crippen molar-refractivity contribution < 1.29 is 14.3 Å². The lowest BCUT2D eigenvalue weighted by Gasteiger charge is -2.26. The third-order valence-electron chi connectivity index (χ3n) is 3.13. The molecule has 1 amide bonds. The summed E-state index contributed by atoms with van der Waals surface area (Å²) < 4.78 is 10.2. The van der Waals surface area contributed by atoms with E-state index in [1.165, 1.54) is 0 Å². The number of rotatable bonds is 6. The van der Waals surface area contributed by atoms with Gasteiger partial charge in [-0.3, -0.25) is 9.78 Å². The Bertz CT molecular complexity index is 433. The first kappa shape index (κ1) is 14.7. The van der Waals surface area contributed by atoms with E-state index in [1.54, 1.807) is 24.3 Å². The molecule has 6 nitrogen and oxygen atoms in total. The van der Waals surface area contributed by atoms with E-state index >= 15 is 0 Å². The molecule has 2 rings (SSSR count). The van der Waals surface area contributed by atoms with Crippen LogP contribution in [0.2, 0.25) is 0 Å². The lowest BCUT2D eigenvalue weighted by atomic mass is 10.2. The zero-order chi connectivity index (χ0) is 14.2. The molecule has 0 unspecified atom stereocenters. The summed E-state index contributed by atoms with van der Waals surface area (Å²) in [4.78, 5) is 18.2. The van der Waals surface area contributed by atoms with Crippen molar-refractivity contribution in [2.24, 2.45) is 0 Å². The summed E-state index contributed by atoms with van der Waals surface area (Å²) >= 11 is 0. The number of aromatic nitrogens is 1. The zero-order valence-corrected chi connectivity index (χ0v) is 11.8. The van der Waals surface area contributed by atoms with Crippen molar-refractivity contribution in [1.29, 1.82) is 0 Å². The first-order valence-electron chi connectivity index (χ1n) is 6.87. The molecule has 0 aromatic carbocycles. The van der Waals surface area contributed by atoms with Crippen molar-refractivity contribution in [1.82, 2.24) is 9.88 Å². The van der Waals surface area contributed by atoms with Crippen LogP contribution in [0.15, 0.2) is 18.3 Å². The third-order valence-corrected chi connectivity index (χ3v) is 3.13. The van der Waals surface area contributed by atoms with Gasteiger partial charge in [-0.05, 0) is 18.6 Å². The summed E-state index contributed by atoms with van der Waals surface area (Å²) in [7, 11) is 1.69. The van der Waals surface area contributed by atoms with Crippen molar-refractivity contribution in [3.05, 3.63) is 24.0 Å². The zero-order valence-electron chi connectivity index (χ0n) is 11.8. The normalized spacial score (nSPS) is 15.2. The fourth-order valence-corrected chi connectivity index (χ4v) is 2.04. The van der Waals surface area contributed by atoms with Gasteiger partial charge in [0, 0.05) is 45.2 Å². The van der Waals surface area contributed by atoms with E-state index in [0.717, 1.165) is 25.3 Å². The summed E-state index contributed by atoms with van der Waals surface area (Å²) in [6.45, 7) is 3.99. The number of pyridine rings is 1. The molecule has 1 aromatic heterocycles. The van der Waals surface area contributed by atoms with Crippen molar-refractivity contribution in [3.63, 3.8) is 0 Å². The van der Waals surface area contributed by atoms with E-state index in [4.69, 9.17) is 9.47 Å². The van der Waals surface area contributed by atoms with Crippen molar-refractivity contribution >= 4 is 11.6 Å². The summed E-state index contributed by atoms with van der Waals surface area (Å²) in [6, 6.07) is 3.66. The molecule has 20 heavy (non-hydrogen) atoms. The Balaban J connectivity index is 1.92. The van der Waals surface area contributed by atoms with Gasteiger partial charge in [-0.1, -0.05) is 0 Å². The van der Waals surface area contributed by atoms with Crippen LogP contribution in [-0.4, -0.2) is 62.4 Å². The van der Waals surface area contributed by atoms with Crippen LogP contribution < -0.4 is 5.32 Å². The maximum Gasteiger partial charge on any atom is 0.272 e. The van der Waals surface area contributed by atoms with Crippen LogP contribution in [0.25, 0.3) is 0 Å². The van der Waals surface area contributed by atoms with E-state index in [9.17, 15) is 4.79 Å². The number of nitrogens with one attached hydrogen (secondary N) is 1. The number of amides is 1. The first-order valence-corrected chi connectivity index (χ1v) is 6.87. The monoisotopic (exact) mass is 279 g/mol. The summed E-state index contributed by atoms with van der Waals surface area (Å²) in [5.41, 5.74) is 1.39. The summed E-state index contributed by atoms with van der Waals surface area (Å²) in [5.74, 6) is -0.0335. The van der Waals surface area contributed by atoms with E-state index in [1.807, 2.05) is 6.07 Å². The van der Waals surface area contributed by atoms with Gasteiger partial charge in [0.25, 0.3) is 5.91 Å². The molecule has 0 saturated carbocycles. The summed E-state index contributed by atoms with van der Waals surface area (Å²) in [5, 5.41) is 3.26. The minimum absolute atomic E-state index is 0.0335. The Morgan fingerprint density at radius 2 is 2.30 bits per heavy atom. The number of carbonyl (C=O) groups excluding carboxylic acids is 1.